The van der Waals surface area contributed by atoms with Crippen LogP contribution in [0.3, 0.4) is 0 Å². The summed E-state index contributed by atoms with van der Waals surface area (Å²) in [5, 5.41) is 10.5. The molecular weight excluding hydrogens is 357 g/mol. The fourth-order valence-electron chi connectivity index (χ4n) is 3.15. The van der Waals surface area contributed by atoms with Crippen molar-refractivity contribution in [3.05, 3.63) is 89.1 Å². The van der Waals surface area contributed by atoms with Crippen LogP contribution in [0.25, 0.3) is 0 Å². The first-order valence-electron chi connectivity index (χ1n) is 9.37. The van der Waals surface area contributed by atoms with Crippen LogP contribution in [0, 0.1) is 19.7 Å². The lowest BCUT2D eigenvalue weighted by atomic mass is 10.1. The van der Waals surface area contributed by atoms with Crippen LogP contribution in [0.4, 0.5) is 4.39 Å². The Hall–Kier alpha value is -2.63. The highest BCUT2D eigenvalue weighted by molar-refractivity contribution is 5.35. The highest BCUT2D eigenvalue weighted by atomic mass is 19.1. The van der Waals surface area contributed by atoms with E-state index in [4.69, 9.17) is 9.15 Å². The van der Waals surface area contributed by atoms with Crippen LogP contribution in [-0.4, -0.2) is 29.3 Å². The zero-order valence-electron chi connectivity index (χ0n) is 16.3. The van der Waals surface area contributed by atoms with E-state index >= 15 is 0 Å². The molecule has 0 aliphatic carbocycles. The predicted molar refractivity (Wildman–Crippen MR) is 107 cm³/mol. The number of hydrogen-bond donors (Lipinski definition) is 1. The van der Waals surface area contributed by atoms with Gasteiger partial charge in [0.1, 0.15) is 30.0 Å². The summed E-state index contributed by atoms with van der Waals surface area (Å²) in [6, 6.07) is 16.1. The van der Waals surface area contributed by atoms with Crippen LogP contribution < -0.4 is 4.74 Å². The van der Waals surface area contributed by atoms with Gasteiger partial charge in [0, 0.05) is 13.1 Å². The number of hydrogen-bond acceptors (Lipinski definition) is 4. The molecule has 4 nitrogen and oxygen atoms in total. The fourth-order valence-corrected chi connectivity index (χ4v) is 3.15. The molecule has 5 heteroatoms. The number of halogens is 1. The molecule has 1 unspecified atom stereocenters. The highest BCUT2D eigenvalue weighted by Crippen LogP contribution is 2.19. The minimum atomic E-state index is -0.670. The second kappa shape index (κ2) is 9.53. The molecule has 0 saturated heterocycles. The Labute approximate surface area is 165 Å². The minimum absolute atomic E-state index is 0.196. The summed E-state index contributed by atoms with van der Waals surface area (Å²) in [7, 11) is 0. The van der Waals surface area contributed by atoms with Gasteiger partial charge in [-0.05, 0) is 55.3 Å². The van der Waals surface area contributed by atoms with E-state index < -0.39 is 6.10 Å². The Bertz CT molecular complexity index is 862. The third-order valence-electron chi connectivity index (χ3n) is 4.51. The highest BCUT2D eigenvalue weighted by Gasteiger charge is 2.15. The van der Waals surface area contributed by atoms with Gasteiger partial charge in [0.05, 0.1) is 12.8 Å². The van der Waals surface area contributed by atoms with Crippen molar-refractivity contribution in [2.75, 3.05) is 13.2 Å². The van der Waals surface area contributed by atoms with Crippen LogP contribution >= 0.6 is 0 Å². The van der Waals surface area contributed by atoms with E-state index in [-0.39, 0.29) is 12.4 Å². The van der Waals surface area contributed by atoms with Gasteiger partial charge in [-0.25, -0.2) is 4.39 Å². The lowest BCUT2D eigenvalue weighted by Crippen LogP contribution is -2.35. The van der Waals surface area contributed by atoms with Gasteiger partial charge in [-0.15, -0.1) is 0 Å². The molecule has 0 fully saturated rings. The summed E-state index contributed by atoms with van der Waals surface area (Å²) in [6.45, 7) is 5.75. The topological polar surface area (TPSA) is 45.8 Å². The average Bonchev–Trinajstić information content (AvgIpc) is 3.16. The van der Waals surface area contributed by atoms with Gasteiger partial charge in [0.15, 0.2) is 0 Å². The Morgan fingerprint density at radius 1 is 1.07 bits per heavy atom. The number of rotatable bonds is 9. The molecule has 0 saturated carbocycles. The first-order valence-corrected chi connectivity index (χ1v) is 9.37. The number of ether oxygens (including phenoxy) is 1. The molecule has 2 aromatic carbocycles. The van der Waals surface area contributed by atoms with Gasteiger partial charge in [-0.3, -0.25) is 4.90 Å². The molecule has 1 heterocycles. The van der Waals surface area contributed by atoms with Gasteiger partial charge in [0.25, 0.3) is 0 Å². The van der Waals surface area contributed by atoms with Crippen LogP contribution in [0.5, 0.6) is 5.75 Å². The molecule has 0 radical (unpaired) electrons. The second-order valence-corrected chi connectivity index (χ2v) is 7.11. The summed E-state index contributed by atoms with van der Waals surface area (Å²) in [4.78, 5) is 2.06. The van der Waals surface area contributed by atoms with Gasteiger partial charge in [-0.1, -0.05) is 29.8 Å². The van der Waals surface area contributed by atoms with E-state index in [1.165, 1.54) is 17.7 Å². The largest absolute Gasteiger partial charge is 0.491 e. The van der Waals surface area contributed by atoms with Crippen LogP contribution in [0.15, 0.2) is 65.3 Å². The molecule has 0 aliphatic rings. The molecule has 0 aliphatic heterocycles. The van der Waals surface area contributed by atoms with Crippen LogP contribution in [0.2, 0.25) is 0 Å². The smallest absolute Gasteiger partial charge is 0.123 e. The maximum absolute atomic E-state index is 13.2. The monoisotopic (exact) mass is 383 g/mol. The van der Waals surface area contributed by atoms with Crippen molar-refractivity contribution in [3.63, 3.8) is 0 Å². The van der Waals surface area contributed by atoms with Gasteiger partial charge < -0.3 is 14.3 Å². The molecule has 3 rings (SSSR count). The third kappa shape index (κ3) is 5.94. The molecular formula is C23H26FNO3. The van der Waals surface area contributed by atoms with E-state index in [9.17, 15) is 9.50 Å². The van der Waals surface area contributed by atoms with Crippen molar-refractivity contribution >= 4 is 0 Å². The fraction of sp³-hybridized carbons (Fsp3) is 0.304. The number of furan rings is 1. The van der Waals surface area contributed by atoms with Crippen molar-refractivity contribution < 1.29 is 18.7 Å². The van der Waals surface area contributed by atoms with E-state index in [0.29, 0.717) is 19.6 Å². The average molecular weight is 383 g/mol. The first kappa shape index (κ1) is 20.1. The molecule has 28 heavy (non-hydrogen) atoms. The summed E-state index contributed by atoms with van der Waals surface area (Å²) in [6.07, 6.45) is 0.960. The Morgan fingerprint density at radius 3 is 2.54 bits per heavy atom. The zero-order valence-corrected chi connectivity index (χ0v) is 16.3. The maximum atomic E-state index is 13.2. The standard InChI is InChI=1S/C23H26FNO3/c1-17-5-10-23(18(2)12-17)28-16-21(26)14-25(15-22-4-3-11-27-22)13-19-6-8-20(24)9-7-19/h3-12,21,26H,13-16H2,1-2H3. The van der Waals surface area contributed by atoms with Crippen LogP contribution in [-0.2, 0) is 13.1 Å². The quantitative estimate of drug-likeness (QED) is 0.592. The SMILES string of the molecule is Cc1ccc(OCC(O)CN(Cc2ccc(F)cc2)Cc2ccco2)c(C)c1. The number of nitrogens with zero attached hydrogens (tertiary/aromatic N) is 1. The van der Waals surface area contributed by atoms with E-state index in [2.05, 4.69) is 11.0 Å². The van der Waals surface area contributed by atoms with Crippen molar-refractivity contribution in [3.8, 4) is 5.75 Å². The summed E-state index contributed by atoms with van der Waals surface area (Å²) in [5.41, 5.74) is 3.19. The predicted octanol–water partition coefficient (Wildman–Crippen LogP) is 4.48. The van der Waals surface area contributed by atoms with Crippen molar-refractivity contribution in [1.82, 2.24) is 4.90 Å². The van der Waals surface area contributed by atoms with Gasteiger partial charge in [-0.2, -0.15) is 0 Å². The Morgan fingerprint density at radius 2 is 1.86 bits per heavy atom. The van der Waals surface area contributed by atoms with Crippen molar-refractivity contribution in [1.29, 1.82) is 0 Å². The van der Waals surface area contributed by atoms with Gasteiger partial charge in [0.2, 0.25) is 0 Å². The zero-order chi connectivity index (χ0) is 19.9. The number of benzene rings is 2. The number of aryl methyl sites for hydroxylation is 2. The summed E-state index contributed by atoms with van der Waals surface area (Å²) in [5.74, 6) is 1.33. The number of aliphatic hydroxyl groups excluding tert-OH is 1. The van der Waals surface area contributed by atoms with Gasteiger partial charge >= 0.3 is 0 Å². The molecule has 0 bridgehead atoms. The maximum Gasteiger partial charge on any atom is 0.123 e. The minimum Gasteiger partial charge on any atom is -0.491 e. The molecule has 1 aromatic heterocycles. The third-order valence-corrected chi connectivity index (χ3v) is 4.51. The van der Waals surface area contributed by atoms with E-state index in [1.54, 1.807) is 18.4 Å². The normalized spacial score (nSPS) is 12.3. The number of aliphatic hydroxyl groups is 1. The molecule has 0 amide bonds. The summed E-state index contributed by atoms with van der Waals surface area (Å²) >= 11 is 0. The van der Waals surface area contributed by atoms with E-state index in [0.717, 1.165) is 22.6 Å². The van der Waals surface area contributed by atoms with Crippen molar-refractivity contribution in [2.45, 2.75) is 33.0 Å². The molecule has 148 valence electrons. The molecule has 3 aromatic rings. The molecule has 1 N–H and O–H groups in total. The lowest BCUT2D eigenvalue weighted by Gasteiger charge is -2.24. The molecule has 1 atom stereocenters. The van der Waals surface area contributed by atoms with E-state index in [1.807, 2.05) is 38.1 Å². The Balaban J connectivity index is 1.61. The second-order valence-electron chi connectivity index (χ2n) is 7.11. The first-order chi connectivity index (χ1) is 13.5. The van der Waals surface area contributed by atoms with Crippen LogP contribution in [0.1, 0.15) is 22.5 Å². The summed E-state index contributed by atoms with van der Waals surface area (Å²) < 4.78 is 24.4. The molecule has 0 spiro atoms. The van der Waals surface area contributed by atoms with Crippen molar-refractivity contribution in [2.24, 2.45) is 0 Å². The lowest BCUT2D eigenvalue weighted by molar-refractivity contribution is 0.0602. The Kier molecular flexibility index (Phi) is 6.85.